The molecule has 4 nitrogen and oxygen atoms in total. The topological polar surface area (TPSA) is 32.8 Å². The molecule has 1 aliphatic rings. The van der Waals surface area contributed by atoms with Crippen LogP contribution >= 0.6 is 0 Å². The summed E-state index contributed by atoms with van der Waals surface area (Å²) in [4.78, 5) is 16.4. The number of aryl methyl sites for hydroxylation is 2. The number of piperazine rings is 1. The lowest BCUT2D eigenvalue weighted by Crippen LogP contribution is -2.49. The van der Waals surface area contributed by atoms with Gasteiger partial charge in [0.2, 0.25) is 0 Å². The molecule has 156 valence electrons. The van der Waals surface area contributed by atoms with Crippen LogP contribution in [0.1, 0.15) is 34.0 Å². The van der Waals surface area contributed by atoms with Gasteiger partial charge < -0.3 is 14.5 Å². The van der Waals surface area contributed by atoms with Crippen molar-refractivity contribution in [3.8, 4) is 5.75 Å². The fourth-order valence-corrected chi connectivity index (χ4v) is 3.60. The third kappa shape index (κ3) is 4.49. The lowest BCUT2D eigenvalue weighted by atomic mass is 10.0. The summed E-state index contributed by atoms with van der Waals surface area (Å²) in [6.07, 6.45) is -3.67. The summed E-state index contributed by atoms with van der Waals surface area (Å²) in [5, 5.41) is 0. The van der Waals surface area contributed by atoms with Gasteiger partial charge in [0.1, 0.15) is 5.75 Å². The van der Waals surface area contributed by atoms with E-state index in [0.29, 0.717) is 31.7 Å². The van der Waals surface area contributed by atoms with Gasteiger partial charge in [-0.3, -0.25) is 4.79 Å². The van der Waals surface area contributed by atoms with E-state index >= 15 is 0 Å². The highest BCUT2D eigenvalue weighted by atomic mass is 19.4. The molecule has 2 aromatic carbocycles. The Hall–Kier alpha value is -2.70. The lowest BCUT2D eigenvalue weighted by molar-refractivity contribution is -0.138. The molecule has 0 bridgehead atoms. The minimum atomic E-state index is -4.56. The minimum Gasteiger partial charge on any atom is -0.495 e. The van der Waals surface area contributed by atoms with Gasteiger partial charge in [0, 0.05) is 26.2 Å². The predicted octanol–water partition coefficient (Wildman–Crippen LogP) is 4.55. The van der Waals surface area contributed by atoms with Crippen molar-refractivity contribution in [2.24, 2.45) is 0 Å². The van der Waals surface area contributed by atoms with Gasteiger partial charge in [-0.05, 0) is 43.2 Å². The molecule has 0 radical (unpaired) electrons. The molecule has 1 aliphatic heterocycles. The molecule has 0 aliphatic carbocycles. The lowest BCUT2D eigenvalue weighted by Gasteiger charge is -2.37. The van der Waals surface area contributed by atoms with Crippen LogP contribution in [0.2, 0.25) is 0 Å². The normalized spacial score (nSPS) is 14.8. The predicted molar refractivity (Wildman–Crippen MR) is 107 cm³/mol. The Morgan fingerprint density at radius 2 is 1.76 bits per heavy atom. The zero-order chi connectivity index (χ0) is 21.2. The van der Waals surface area contributed by atoms with Crippen LogP contribution in [0, 0.1) is 6.92 Å². The first-order chi connectivity index (χ1) is 13.7. The Morgan fingerprint density at radius 1 is 1.07 bits per heavy atom. The average molecular weight is 406 g/mol. The van der Waals surface area contributed by atoms with Crippen molar-refractivity contribution >= 4 is 11.6 Å². The van der Waals surface area contributed by atoms with Gasteiger partial charge in [0.25, 0.3) is 5.91 Å². The summed E-state index contributed by atoms with van der Waals surface area (Å²) in [6.45, 7) is 5.42. The zero-order valence-corrected chi connectivity index (χ0v) is 16.8. The van der Waals surface area contributed by atoms with Crippen molar-refractivity contribution in [3.63, 3.8) is 0 Å². The monoisotopic (exact) mass is 406 g/mol. The van der Waals surface area contributed by atoms with Crippen LogP contribution in [0.3, 0.4) is 0 Å². The number of methoxy groups -OCH3 is 1. The van der Waals surface area contributed by atoms with Crippen LogP contribution in [0.25, 0.3) is 0 Å². The molecule has 0 atom stereocenters. The van der Waals surface area contributed by atoms with Gasteiger partial charge in [-0.15, -0.1) is 0 Å². The maximum atomic E-state index is 13.4. The molecule has 29 heavy (non-hydrogen) atoms. The van der Waals surface area contributed by atoms with E-state index in [4.69, 9.17) is 4.74 Å². The maximum absolute atomic E-state index is 13.4. The number of benzene rings is 2. The first kappa shape index (κ1) is 21.0. The Bertz CT molecular complexity index is 888. The minimum absolute atomic E-state index is 0.290. The molecular weight excluding hydrogens is 381 g/mol. The molecule has 1 amide bonds. The van der Waals surface area contributed by atoms with Crippen molar-refractivity contribution in [1.29, 1.82) is 0 Å². The van der Waals surface area contributed by atoms with Gasteiger partial charge in [0.05, 0.1) is 23.9 Å². The molecule has 3 rings (SSSR count). The number of ether oxygens (including phenoxy) is 1. The molecule has 7 heteroatoms. The van der Waals surface area contributed by atoms with Gasteiger partial charge in [-0.2, -0.15) is 13.2 Å². The number of anilines is 1. The Labute approximate surface area is 168 Å². The van der Waals surface area contributed by atoms with Crippen molar-refractivity contribution in [2.75, 3.05) is 38.2 Å². The summed E-state index contributed by atoms with van der Waals surface area (Å²) < 4.78 is 45.7. The SMILES string of the molecule is CCc1ccc(OC)c(N2CCN(C(=O)c3ccc(C)cc3C(F)(F)F)CC2)c1. The number of carbonyl (C=O) groups is 1. The number of nitrogens with zero attached hydrogens (tertiary/aromatic N) is 2. The maximum Gasteiger partial charge on any atom is 0.417 e. The van der Waals surface area contributed by atoms with Crippen LogP contribution in [0.15, 0.2) is 36.4 Å². The van der Waals surface area contributed by atoms with Crippen molar-refractivity contribution in [3.05, 3.63) is 58.7 Å². The van der Waals surface area contributed by atoms with E-state index in [1.165, 1.54) is 16.5 Å². The molecule has 0 unspecified atom stereocenters. The molecule has 0 spiro atoms. The van der Waals surface area contributed by atoms with Gasteiger partial charge in [0.15, 0.2) is 0 Å². The van der Waals surface area contributed by atoms with E-state index in [-0.39, 0.29) is 5.56 Å². The third-order valence-corrected chi connectivity index (χ3v) is 5.27. The Morgan fingerprint density at radius 3 is 2.34 bits per heavy atom. The van der Waals surface area contributed by atoms with Crippen molar-refractivity contribution < 1.29 is 22.7 Å². The van der Waals surface area contributed by atoms with Crippen molar-refractivity contribution in [1.82, 2.24) is 4.90 Å². The quantitative estimate of drug-likeness (QED) is 0.747. The van der Waals surface area contributed by atoms with Crippen LogP contribution in [-0.2, 0) is 12.6 Å². The van der Waals surface area contributed by atoms with Gasteiger partial charge >= 0.3 is 6.18 Å². The second kappa shape index (κ2) is 8.35. The molecule has 0 saturated carbocycles. The molecule has 0 N–H and O–H groups in total. The van der Waals surface area contributed by atoms with Gasteiger partial charge in [-0.25, -0.2) is 0 Å². The number of alkyl halides is 3. The standard InChI is InChI=1S/C22H25F3N2O2/c1-4-16-6-8-20(29-3)19(14-16)26-9-11-27(12-10-26)21(28)17-7-5-15(2)13-18(17)22(23,24)25/h5-8,13-14H,4,9-12H2,1-3H3. The Kier molecular flexibility index (Phi) is 6.05. The first-order valence-electron chi connectivity index (χ1n) is 9.63. The molecule has 1 heterocycles. The van der Waals surface area contributed by atoms with Gasteiger partial charge in [-0.1, -0.05) is 24.6 Å². The summed E-state index contributed by atoms with van der Waals surface area (Å²) >= 11 is 0. The fraction of sp³-hybridized carbons (Fsp3) is 0.409. The van der Waals surface area contributed by atoms with E-state index in [0.717, 1.165) is 23.9 Å². The highest BCUT2D eigenvalue weighted by Crippen LogP contribution is 2.34. The number of carbonyl (C=O) groups excluding carboxylic acids is 1. The number of hydrogen-bond donors (Lipinski definition) is 0. The molecular formula is C22H25F3N2O2. The molecule has 2 aromatic rings. The van der Waals surface area contributed by atoms with Crippen LogP contribution in [0.5, 0.6) is 5.75 Å². The average Bonchev–Trinajstić information content (AvgIpc) is 2.72. The van der Waals surface area contributed by atoms with Crippen LogP contribution in [-0.4, -0.2) is 44.1 Å². The summed E-state index contributed by atoms with van der Waals surface area (Å²) in [6, 6.07) is 9.86. The smallest absolute Gasteiger partial charge is 0.417 e. The summed E-state index contributed by atoms with van der Waals surface area (Å²) in [5.74, 6) is 0.172. The van der Waals surface area contributed by atoms with Crippen molar-refractivity contribution in [2.45, 2.75) is 26.4 Å². The van der Waals surface area contributed by atoms with Crippen LogP contribution in [0.4, 0.5) is 18.9 Å². The van der Waals surface area contributed by atoms with E-state index in [1.807, 2.05) is 12.1 Å². The third-order valence-electron chi connectivity index (χ3n) is 5.27. The first-order valence-corrected chi connectivity index (χ1v) is 9.63. The number of halogens is 3. The number of amides is 1. The highest BCUT2D eigenvalue weighted by Gasteiger charge is 2.36. The second-order valence-corrected chi connectivity index (χ2v) is 7.19. The second-order valence-electron chi connectivity index (χ2n) is 7.19. The summed E-state index contributed by atoms with van der Waals surface area (Å²) in [7, 11) is 1.61. The molecule has 1 fully saturated rings. The summed E-state index contributed by atoms with van der Waals surface area (Å²) in [5.41, 5.74) is 1.44. The largest absolute Gasteiger partial charge is 0.495 e. The van der Waals surface area contributed by atoms with E-state index in [1.54, 1.807) is 20.1 Å². The molecule has 0 aromatic heterocycles. The Balaban J connectivity index is 1.78. The van der Waals surface area contributed by atoms with E-state index in [9.17, 15) is 18.0 Å². The number of hydrogen-bond acceptors (Lipinski definition) is 3. The zero-order valence-electron chi connectivity index (χ0n) is 16.8. The van der Waals surface area contributed by atoms with E-state index in [2.05, 4.69) is 17.9 Å². The molecule has 1 saturated heterocycles. The van der Waals surface area contributed by atoms with E-state index < -0.39 is 17.6 Å². The number of rotatable bonds is 4. The highest BCUT2D eigenvalue weighted by molar-refractivity contribution is 5.96. The van der Waals surface area contributed by atoms with Crippen LogP contribution < -0.4 is 9.64 Å². The fourth-order valence-electron chi connectivity index (χ4n) is 3.60.